The molecule has 1 aromatic heterocycles. The van der Waals surface area contributed by atoms with Gasteiger partial charge in [-0.15, -0.1) is 0 Å². The summed E-state index contributed by atoms with van der Waals surface area (Å²) in [5, 5.41) is 7.81. The second-order valence-electron chi connectivity index (χ2n) is 5.36. The van der Waals surface area contributed by atoms with Crippen LogP contribution in [0.25, 0.3) is 10.9 Å². The van der Waals surface area contributed by atoms with Gasteiger partial charge in [-0.2, -0.15) is 5.10 Å². The summed E-state index contributed by atoms with van der Waals surface area (Å²) in [6, 6.07) is 5.44. The lowest BCUT2D eigenvalue weighted by Crippen LogP contribution is -2.34. The number of nitrogen functional groups attached to an aromatic ring is 1. The minimum absolute atomic E-state index is 0.0382. The first-order chi connectivity index (χ1) is 9.15. The maximum atomic E-state index is 12.4. The Labute approximate surface area is 111 Å². The van der Waals surface area contributed by atoms with Gasteiger partial charge in [-0.1, -0.05) is 6.42 Å². The lowest BCUT2D eigenvalue weighted by Gasteiger charge is -2.29. The van der Waals surface area contributed by atoms with Gasteiger partial charge < -0.3 is 10.6 Å². The minimum Gasteiger partial charge on any atom is -0.399 e. The standard InChI is InChI=1S/C14H18N4O/c1-18(8-9-3-2-4-9)14(19)13-11-7-10(15)5-6-12(11)16-17-13/h5-7,9H,2-4,8,15H2,1H3,(H,16,17). The fraction of sp³-hybridized carbons (Fsp3) is 0.429. The highest BCUT2D eigenvalue weighted by atomic mass is 16.2. The summed E-state index contributed by atoms with van der Waals surface area (Å²) in [6.45, 7) is 0.815. The lowest BCUT2D eigenvalue weighted by atomic mass is 9.85. The highest BCUT2D eigenvalue weighted by Crippen LogP contribution is 2.27. The van der Waals surface area contributed by atoms with Crippen LogP contribution in [0.2, 0.25) is 0 Å². The van der Waals surface area contributed by atoms with Gasteiger partial charge in [-0.05, 0) is 37.0 Å². The summed E-state index contributed by atoms with van der Waals surface area (Å²) < 4.78 is 0. The van der Waals surface area contributed by atoms with E-state index in [4.69, 9.17) is 5.73 Å². The molecular formula is C14H18N4O. The van der Waals surface area contributed by atoms with Crippen molar-refractivity contribution < 1.29 is 4.79 Å². The fourth-order valence-corrected chi connectivity index (χ4v) is 2.52. The summed E-state index contributed by atoms with van der Waals surface area (Å²) >= 11 is 0. The molecule has 0 aliphatic heterocycles. The van der Waals surface area contributed by atoms with Crippen molar-refractivity contribution in [2.24, 2.45) is 5.92 Å². The normalized spacial score (nSPS) is 15.4. The van der Waals surface area contributed by atoms with E-state index >= 15 is 0 Å². The number of aromatic amines is 1. The van der Waals surface area contributed by atoms with Crippen LogP contribution in [0.3, 0.4) is 0 Å². The largest absolute Gasteiger partial charge is 0.399 e. The van der Waals surface area contributed by atoms with Crippen LogP contribution >= 0.6 is 0 Å². The van der Waals surface area contributed by atoms with Gasteiger partial charge in [0.05, 0.1) is 5.52 Å². The summed E-state index contributed by atoms with van der Waals surface area (Å²) in [7, 11) is 1.84. The maximum Gasteiger partial charge on any atom is 0.274 e. The Hall–Kier alpha value is -2.04. The Morgan fingerprint density at radius 1 is 1.53 bits per heavy atom. The molecule has 1 heterocycles. The molecule has 0 saturated heterocycles. The van der Waals surface area contributed by atoms with Crippen LogP contribution in [0.15, 0.2) is 18.2 Å². The predicted molar refractivity (Wildman–Crippen MR) is 74.8 cm³/mol. The molecule has 5 nitrogen and oxygen atoms in total. The summed E-state index contributed by atoms with van der Waals surface area (Å²) in [5.41, 5.74) is 7.72. The molecule has 1 saturated carbocycles. The van der Waals surface area contributed by atoms with Crippen molar-refractivity contribution in [2.45, 2.75) is 19.3 Å². The Balaban J connectivity index is 1.85. The number of anilines is 1. The Morgan fingerprint density at radius 2 is 2.32 bits per heavy atom. The van der Waals surface area contributed by atoms with E-state index in [1.165, 1.54) is 19.3 Å². The quantitative estimate of drug-likeness (QED) is 0.827. The summed E-state index contributed by atoms with van der Waals surface area (Å²) in [4.78, 5) is 14.2. The first-order valence-corrected chi connectivity index (χ1v) is 6.64. The average Bonchev–Trinajstić information content (AvgIpc) is 2.75. The third-order valence-electron chi connectivity index (χ3n) is 3.89. The molecule has 1 aromatic carbocycles. The molecule has 3 rings (SSSR count). The van der Waals surface area contributed by atoms with Crippen LogP contribution in [0.4, 0.5) is 5.69 Å². The van der Waals surface area contributed by atoms with Crippen LogP contribution in [0.5, 0.6) is 0 Å². The number of nitrogens with two attached hydrogens (primary N) is 1. The summed E-state index contributed by atoms with van der Waals surface area (Å²) in [5.74, 6) is 0.618. The van der Waals surface area contributed by atoms with Crippen molar-refractivity contribution in [1.29, 1.82) is 0 Å². The zero-order valence-corrected chi connectivity index (χ0v) is 11.0. The van der Waals surface area contributed by atoms with Crippen LogP contribution in [0, 0.1) is 5.92 Å². The van der Waals surface area contributed by atoms with Crippen molar-refractivity contribution in [3.8, 4) is 0 Å². The monoisotopic (exact) mass is 258 g/mol. The molecule has 5 heteroatoms. The van der Waals surface area contributed by atoms with E-state index in [1.54, 1.807) is 17.0 Å². The van der Waals surface area contributed by atoms with Gasteiger partial charge in [0, 0.05) is 24.7 Å². The molecule has 1 fully saturated rings. The number of aromatic nitrogens is 2. The summed E-state index contributed by atoms with van der Waals surface area (Å²) in [6.07, 6.45) is 3.74. The minimum atomic E-state index is -0.0382. The van der Waals surface area contributed by atoms with E-state index in [2.05, 4.69) is 10.2 Å². The van der Waals surface area contributed by atoms with E-state index < -0.39 is 0 Å². The van der Waals surface area contributed by atoms with Crippen molar-refractivity contribution in [3.63, 3.8) is 0 Å². The maximum absolute atomic E-state index is 12.4. The third kappa shape index (κ3) is 2.16. The van der Waals surface area contributed by atoms with Gasteiger partial charge in [0.1, 0.15) is 0 Å². The van der Waals surface area contributed by atoms with Gasteiger partial charge in [-0.3, -0.25) is 9.89 Å². The SMILES string of the molecule is CN(CC1CCC1)C(=O)c1n[nH]c2ccc(N)cc12. The number of rotatable bonds is 3. The van der Waals surface area contributed by atoms with Crippen LogP contribution < -0.4 is 5.73 Å². The Morgan fingerprint density at radius 3 is 3.00 bits per heavy atom. The molecular weight excluding hydrogens is 240 g/mol. The molecule has 2 aromatic rings. The van der Waals surface area contributed by atoms with Gasteiger partial charge in [0.15, 0.2) is 5.69 Å². The van der Waals surface area contributed by atoms with Crippen molar-refractivity contribution in [2.75, 3.05) is 19.3 Å². The van der Waals surface area contributed by atoms with Gasteiger partial charge in [0.2, 0.25) is 0 Å². The smallest absolute Gasteiger partial charge is 0.274 e. The molecule has 0 bridgehead atoms. The number of fused-ring (bicyclic) bond motifs is 1. The predicted octanol–water partition coefficient (Wildman–Crippen LogP) is 2.02. The van der Waals surface area contributed by atoms with Crippen molar-refractivity contribution >= 4 is 22.5 Å². The number of amides is 1. The number of H-pyrrole nitrogens is 1. The zero-order chi connectivity index (χ0) is 13.4. The van der Waals surface area contributed by atoms with E-state index in [1.807, 2.05) is 13.1 Å². The molecule has 0 unspecified atom stereocenters. The number of carbonyl (C=O) groups excluding carboxylic acids is 1. The molecule has 1 aliphatic rings. The van der Waals surface area contributed by atoms with Gasteiger partial charge >= 0.3 is 0 Å². The van der Waals surface area contributed by atoms with Crippen molar-refractivity contribution in [1.82, 2.24) is 15.1 Å². The molecule has 100 valence electrons. The zero-order valence-electron chi connectivity index (χ0n) is 11.0. The van der Waals surface area contributed by atoms with Crippen LogP contribution in [-0.4, -0.2) is 34.6 Å². The number of nitrogens with one attached hydrogen (secondary N) is 1. The van der Waals surface area contributed by atoms with Gasteiger partial charge in [-0.25, -0.2) is 0 Å². The topological polar surface area (TPSA) is 75.0 Å². The first kappa shape index (κ1) is 12.0. The Bertz CT molecular complexity index is 615. The third-order valence-corrected chi connectivity index (χ3v) is 3.89. The molecule has 1 aliphatic carbocycles. The molecule has 1 amide bonds. The lowest BCUT2D eigenvalue weighted by molar-refractivity contribution is 0.0741. The molecule has 3 N–H and O–H groups in total. The second-order valence-corrected chi connectivity index (χ2v) is 5.36. The molecule has 19 heavy (non-hydrogen) atoms. The van der Waals surface area contributed by atoms with E-state index in [9.17, 15) is 4.79 Å². The van der Waals surface area contributed by atoms with Gasteiger partial charge in [0.25, 0.3) is 5.91 Å². The molecule has 0 radical (unpaired) electrons. The van der Waals surface area contributed by atoms with Crippen LogP contribution in [0.1, 0.15) is 29.8 Å². The second kappa shape index (κ2) is 4.57. The van der Waals surface area contributed by atoms with E-state index in [0.717, 1.165) is 17.4 Å². The Kier molecular flexibility index (Phi) is 2.89. The number of nitrogens with zero attached hydrogens (tertiary/aromatic N) is 2. The van der Waals surface area contributed by atoms with Crippen LogP contribution in [-0.2, 0) is 0 Å². The number of carbonyl (C=O) groups is 1. The average molecular weight is 258 g/mol. The van der Waals surface area contributed by atoms with Crippen molar-refractivity contribution in [3.05, 3.63) is 23.9 Å². The van der Waals surface area contributed by atoms with E-state index in [-0.39, 0.29) is 5.91 Å². The highest BCUT2D eigenvalue weighted by molar-refractivity contribution is 6.05. The fourth-order valence-electron chi connectivity index (χ4n) is 2.52. The van der Waals surface area contributed by atoms with E-state index in [0.29, 0.717) is 17.3 Å². The number of benzene rings is 1. The highest BCUT2D eigenvalue weighted by Gasteiger charge is 2.24. The first-order valence-electron chi connectivity index (χ1n) is 6.64. The molecule has 0 spiro atoms. The number of hydrogen-bond acceptors (Lipinski definition) is 3. The molecule has 0 atom stereocenters. The number of hydrogen-bond donors (Lipinski definition) is 2.